The van der Waals surface area contributed by atoms with Crippen molar-refractivity contribution in [1.82, 2.24) is 10.2 Å². The van der Waals surface area contributed by atoms with Gasteiger partial charge in [-0.2, -0.15) is 11.3 Å². The van der Waals surface area contributed by atoms with Gasteiger partial charge in [-0.15, -0.1) is 0 Å². The number of hydrogen-bond acceptors (Lipinski definition) is 5. The van der Waals surface area contributed by atoms with Crippen molar-refractivity contribution in [2.45, 2.75) is 12.5 Å². The molecule has 1 unspecified atom stereocenters. The molecule has 4 rings (SSSR count). The second kappa shape index (κ2) is 6.90. The summed E-state index contributed by atoms with van der Waals surface area (Å²) in [5.41, 5.74) is 1.86. The fourth-order valence-electron chi connectivity index (χ4n) is 3.16. The minimum absolute atomic E-state index is 0.195. The van der Waals surface area contributed by atoms with Gasteiger partial charge in [0.1, 0.15) is 0 Å². The molecule has 1 amide bonds. The summed E-state index contributed by atoms with van der Waals surface area (Å²) in [4.78, 5) is 14.9. The van der Waals surface area contributed by atoms with Gasteiger partial charge in [-0.3, -0.25) is 9.69 Å². The van der Waals surface area contributed by atoms with E-state index in [1.807, 2.05) is 18.2 Å². The molecule has 1 aromatic carbocycles. The van der Waals surface area contributed by atoms with Gasteiger partial charge in [-0.05, 0) is 40.9 Å². The van der Waals surface area contributed by atoms with E-state index in [0.717, 1.165) is 18.5 Å². The molecular weight excluding hydrogens is 336 g/mol. The van der Waals surface area contributed by atoms with E-state index in [-0.39, 0.29) is 11.9 Å². The predicted molar refractivity (Wildman–Crippen MR) is 98.3 cm³/mol. The monoisotopic (exact) mass is 356 g/mol. The number of thiophene rings is 1. The largest absolute Gasteiger partial charge is 0.493 e. The van der Waals surface area contributed by atoms with Crippen molar-refractivity contribution in [2.75, 3.05) is 26.7 Å². The molecule has 0 saturated carbocycles. The lowest BCUT2D eigenvalue weighted by atomic mass is 10.0. The highest BCUT2D eigenvalue weighted by molar-refractivity contribution is 7.07. The third-order valence-electron chi connectivity index (χ3n) is 4.67. The maximum absolute atomic E-state index is 12.6. The molecule has 25 heavy (non-hydrogen) atoms. The summed E-state index contributed by atoms with van der Waals surface area (Å²) < 4.78 is 11.0. The maximum Gasteiger partial charge on any atom is 0.287 e. The Morgan fingerprint density at radius 1 is 1.40 bits per heavy atom. The molecule has 1 aliphatic heterocycles. The van der Waals surface area contributed by atoms with Crippen LogP contribution >= 0.6 is 11.3 Å². The van der Waals surface area contributed by atoms with Gasteiger partial charge in [0.15, 0.2) is 17.1 Å². The third-order valence-corrected chi connectivity index (χ3v) is 5.37. The summed E-state index contributed by atoms with van der Waals surface area (Å²) in [6.07, 6.45) is 1.22. The van der Waals surface area contributed by atoms with Crippen LogP contribution in [0.15, 0.2) is 45.5 Å². The second-order valence-corrected chi connectivity index (χ2v) is 6.94. The molecular formula is C19H20N2O3S. The Kier molecular flexibility index (Phi) is 4.46. The first-order chi connectivity index (χ1) is 12.3. The lowest BCUT2D eigenvalue weighted by molar-refractivity contribution is 0.0863. The highest BCUT2D eigenvalue weighted by Crippen LogP contribution is 2.29. The van der Waals surface area contributed by atoms with Gasteiger partial charge in [-0.25, -0.2) is 0 Å². The number of furan rings is 1. The van der Waals surface area contributed by atoms with Crippen LogP contribution in [-0.4, -0.2) is 37.6 Å². The average molecular weight is 356 g/mol. The first-order valence-electron chi connectivity index (χ1n) is 8.37. The van der Waals surface area contributed by atoms with Gasteiger partial charge in [0, 0.05) is 25.0 Å². The molecule has 130 valence electrons. The summed E-state index contributed by atoms with van der Waals surface area (Å²) in [6, 6.07) is 9.73. The first-order valence-corrected chi connectivity index (χ1v) is 9.31. The number of rotatable bonds is 6. The molecule has 0 bridgehead atoms. The molecule has 1 aliphatic rings. The first kappa shape index (κ1) is 16.2. The number of methoxy groups -OCH3 is 1. The van der Waals surface area contributed by atoms with Gasteiger partial charge in [0.2, 0.25) is 0 Å². The minimum Gasteiger partial charge on any atom is -0.493 e. The van der Waals surface area contributed by atoms with Crippen LogP contribution in [-0.2, 0) is 0 Å². The number of para-hydroxylation sites is 1. The maximum atomic E-state index is 12.6. The quantitative estimate of drug-likeness (QED) is 0.732. The summed E-state index contributed by atoms with van der Waals surface area (Å²) in [6.45, 7) is 2.74. The molecule has 0 radical (unpaired) electrons. The SMILES string of the molecule is COc1cccc2cc(C(=O)NCC(c3ccsc3)N3CCC3)oc12. The van der Waals surface area contributed by atoms with Crippen molar-refractivity contribution < 1.29 is 13.9 Å². The molecule has 1 N–H and O–H groups in total. The number of ether oxygens (including phenoxy) is 1. The highest BCUT2D eigenvalue weighted by Gasteiger charge is 2.26. The van der Waals surface area contributed by atoms with Gasteiger partial charge in [-0.1, -0.05) is 12.1 Å². The Hall–Kier alpha value is -2.31. The molecule has 1 fully saturated rings. The standard InChI is InChI=1S/C19H20N2O3S/c1-23-16-5-2-4-13-10-17(24-18(13)16)19(22)20-11-15(21-7-3-8-21)14-6-9-25-12-14/h2,4-6,9-10,12,15H,3,7-8,11H2,1H3,(H,20,22). The smallest absolute Gasteiger partial charge is 0.287 e. The normalized spacial score (nSPS) is 15.7. The van der Waals surface area contributed by atoms with Crippen LogP contribution in [0.4, 0.5) is 0 Å². The van der Waals surface area contributed by atoms with E-state index in [2.05, 4.69) is 27.0 Å². The number of fused-ring (bicyclic) bond motifs is 1. The number of nitrogens with one attached hydrogen (secondary N) is 1. The predicted octanol–water partition coefficient (Wildman–Crippen LogP) is 3.68. The van der Waals surface area contributed by atoms with E-state index in [4.69, 9.17) is 9.15 Å². The van der Waals surface area contributed by atoms with E-state index in [9.17, 15) is 4.79 Å². The number of carbonyl (C=O) groups excluding carboxylic acids is 1. The minimum atomic E-state index is -0.195. The summed E-state index contributed by atoms with van der Waals surface area (Å²) in [7, 11) is 1.59. The summed E-state index contributed by atoms with van der Waals surface area (Å²) in [5.74, 6) is 0.750. The van der Waals surface area contributed by atoms with Gasteiger partial charge >= 0.3 is 0 Å². The zero-order valence-electron chi connectivity index (χ0n) is 14.0. The number of likely N-dealkylation sites (tertiary alicyclic amines) is 1. The Labute approximate surface area is 150 Å². The van der Waals surface area contributed by atoms with E-state index in [1.165, 1.54) is 12.0 Å². The number of amides is 1. The van der Waals surface area contributed by atoms with Crippen molar-refractivity contribution >= 4 is 28.2 Å². The molecule has 5 nitrogen and oxygen atoms in total. The van der Waals surface area contributed by atoms with Crippen LogP contribution in [0.25, 0.3) is 11.0 Å². The number of nitrogens with zero attached hydrogens (tertiary/aromatic N) is 1. The van der Waals surface area contributed by atoms with Crippen LogP contribution in [0.2, 0.25) is 0 Å². The van der Waals surface area contributed by atoms with Crippen molar-refractivity contribution in [3.05, 3.63) is 52.4 Å². The lowest BCUT2D eigenvalue weighted by Crippen LogP contribution is -2.44. The van der Waals surface area contributed by atoms with E-state index in [1.54, 1.807) is 24.5 Å². The Morgan fingerprint density at radius 2 is 2.28 bits per heavy atom. The Bertz CT molecular complexity index is 868. The number of benzene rings is 1. The van der Waals surface area contributed by atoms with Crippen LogP contribution in [0.5, 0.6) is 5.75 Å². The van der Waals surface area contributed by atoms with Gasteiger partial charge < -0.3 is 14.5 Å². The van der Waals surface area contributed by atoms with Crippen LogP contribution in [0, 0.1) is 0 Å². The topological polar surface area (TPSA) is 54.7 Å². The van der Waals surface area contributed by atoms with Gasteiger partial charge in [0.05, 0.1) is 13.2 Å². The van der Waals surface area contributed by atoms with Crippen molar-refractivity contribution in [2.24, 2.45) is 0 Å². The van der Waals surface area contributed by atoms with Gasteiger partial charge in [0.25, 0.3) is 5.91 Å². The van der Waals surface area contributed by atoms with E-state index >= 15 is 0 Å². The molecule has 0 aliphatic carbocycles. The van der Waals surface area contributed by atoms with Crippen molar-refractivity contribution in [3.63, 3.8) is 0 Å². The molecule has 1 atom stereocenters. The Morgan fingerprint density at radius 3 is 2.96 bits per heavy atom. The number of hydrogen-bond donors (Lipinski definition) is 1. The summed E-state index contributed by atoms with van der Waals surface area (Å²) >= 11 is 1.69. The molecule has 1 saturated heterocycles. The van der Waals surface area contributed by atoms with E-state index < -0.39 is 0 Å². The van der Waals surface area contributed by atoms with Crippen LogP contribution < -0.4 is 10.1 Å². The van der Waals surface area contributed by atoms with Crippen LogP contribution in [0.1, 0.15) is 28.6 Å². The fraction of sp³-hybridized carbons (Fsp3) is 0.316. The molecule has 2 aromatic heterocycles. The summed E-state index contributed by atoms with van der Waals surface area (Å²) in [5, 5.41) is 8.12. The van der Waals surface area contributed by atoms with Crippen molar-refractivity contribution in [3.8, 4) is 5.75 Å². The fourth-order valence-corrected chi connectivity index (χ4v) is 3.87. The molecule has 3 aromatic rings. The highest BCUT2D eigenvalue weighted by atomic mass is 32.1. The second-order valence-electron chi connectivity index (χ2n) is 6.16. The lowest BCUT2D eigenvalue weighted by Gasteiger charge is -2.38. The average Bonchev–Trinajstić information content (AvgIpc) is 3.24. The third kappa shape index (κ3) is 3.15. The van der Waals surface area contributed by atoms with E-state index in [0.29, 0.717) is 23.6 Å². The Balaban J connectivity index is 1.49. The van der Waals surface area contributed by atoms with Crippen LogP contribution in [0.3, 0.4) is 0 Å². The zero-order valence-corrected chi connectivity index (χ0v) is 14.8. The number of carbonyl (C=O) groups is 1. The molecule has 6 heteroatoms. The molecule has 0 spiro atoms. The molecule has 3 heterocycles. The zero-order chi connectivity index (χ0) is 17.2. The van der Waals surface area contributed by atoms with Crippen molar-refractivity contribution in [1.29, 1.82) is 0 Å².